The molecule has 0 saturated carbocycles. The van der Waals surface area contributed by atoms with E-state index in [1.54, 1.807) is 31.2 Å². The molecule has 3 aromatic rings. The Kier molecular flexibility index (Phi) is 6.70. The van der Waals surface area contributed by atoms with Crippen LogP contribution in [0.5, 0.6) is 0 Å². The highest BCUT2D eigenvalue weighted by Crippen LogP contribution is 2.22. The Bertz CT molecular complexity index is 1150. The average molecular weight is 426 g/mol. The van der Waals surface area contributed by atoms with Crippen LogP contribution in [0.4, 0.5) is 5.69 Å². The van der Waals surface area contributed by atoms with E-state index in [1.807, 2.05) is 32.0 Å². The molecule has 0 aliphatic heterocycles. The normalized spacial score (nSPS) is 10.8. The molecule has 0 bridgehead atoms. The molecule has 156 valence electrons. The molecule has 7 heteroatoms. The first kappa shape index (κ1) is 21.7. The van der Waals surface area contributed by atoms with Gasteiger partial charge in [0.05, 0.1) is 0 Å². The second-order valence-corrected chi connectivity index (χ2v) is 7.68. The van der Waals surface area contributed by atoms with Crippen LogP contribution in [0.2, 0.25) is 5.02 Å². The van der Waals surface area contributed by atoms with Crippen molar-refractivity contribution in [2.45, 2.75) is 33.7 Å². The molecule has 0 atom stereocenters. The predicted octanol–water partition coefficient (Wildman–Crippen LogP) is 3.66. The standard InChI is InChI=1S/C23H24ClN3O3/c1-14-7-8-15(2)20(11-14)26-21(29)13-27-22(17-5-4-6-18(24)12-17)25-16(3)19(9-10-28)23(27)30/h4-8,11-12,28H,9-10,13H2,1-3H3,(H,26,29). The summed E-state index contributed by atoms with van der Waals surface area (Å²) in [5.74, 6) is 0.0208. The van der Waals surface area contributed by atoms with Crippen LogP contribution in [0.1, 0.15) is 22.4 Å². The molecule has 2 aromatic carbocycles. The molecule has 0 radical (unpaired) electrons. The van der Waals surface area contributed by atoms with Crippen molar-refractivity contribution in [3.63, 3.8) is 0 Å². The number of rotatable bonds is 6. The number of hydrogen-bond acceptors (Lipinski definition) is 4. The number of amides is 1. The van der Waals surface area contributed by atoms with Crippen LogP contribution in [0.3, 0.4) is 0 Å². The number of aryl methyl sites for hydroxylation is 3. The van der Waals surface area contributed by atoms with Crippen LogP contribution in [-0.2, 0) is 17.8 Å². The van der Waals surface area contributed by atoms with E-state index in [-0.39, 0.29) is 31.0 Å². The molecule has 2 N–H and O–H groups in total. The van der Waals surface area contributed by atoms with Crippen molar-refractivity contribution in [3.05, 3.63) is 80.2 Å². The van der Waals surface area contributed by atoms with Crippen molar-refractivity contribution >= 4 is 23.2 Å². The summed E-state index contributed by atoms with van der Waals surface area (Å²) in [6.45, 7) is 5.19. The van der Waals surface area contributed by atoms with Crippen molar-refractivity contribution < 1.29 is 9.90 Å². The van der Waals surface area contributed by atoms with Crippen molar-refractivity contribution in [2.75, 3.05) is 11.9 Å². The Labute approximate surface area is 180 Å². The van der Waals surface area contributed by atoms with Crippen molar-refractivity contribution in [3.8, 4) is 11.4 Å². The minimum Gasteiger partial charge on any atom is -0.396 e. The fourth-order valence-electron chi connectivity index (χ4n) is 3.30. The first-order valence-corrected chi connectivity index (χ1v) is 10.0. The number of hydrogen-bond donors (Lipinski definition) is 2. The quantitative estimate of drug-likeness (QED) is 0.631. The fourth-order valence-corrected chi connectivity index (χ4v) is 3.49. The van der Waals surface area contributed by atoms with Gasteiger partial charge in [-0.25, -0.2) is 4.98 Å². The lowest BCUT2D eigenvalue weighted by Gasteiger charge is -2.16. The summed E-state index contributed by atoms with van der Waals surface area (Å²) in [5.41, 5.74) is 3.86. The number of aliphatic hydroxyl groups excluding tert-OH is 1. The third-order valence-corrected chi connectivity index (χ3v) is 5.12. The monoisotopic (exact) mass is 425 g/mol. The summed E-state index contributed by atoms with van der Waals surface area (Å²) >= 11 is 6.13. The molecule has 0 saturated heterocycles. The molecule has 30 heavy (non-hydrogen) atoms. The highest BCUT2D eigenvalue weighted by Gasteiger charge is 2.18. The Morgan fingerprint density at radius 2 is 1.93 bits per heavy atom. The van der Waals surface area contributed by atoms with Crippen LogP contribution in [0.15, 0.2) is 47.3 Å². The molecule has 1 heterocycles. The Morgan fingerprint density at radius 1 is 1.17 bits per heavy atom. The molecule has 0 aliphatic carbocycles. The summed E-state index contributed by atoms with van der Waals surface area (Å²) in [4.78, 5) is 30.6. The summed E-state index contributed by atoms with van der Waals surface area (Å²) in [6, 6.07) is 12.8. The van der Waals surface area contributed by atoms with E-state index in [4.69, 9.17) is 11.6 Å². The zero-order valence-electron chi connectivity index (χ0n) is 17.2. The minimum absolute atomic E-state index is 0.173. The minimum atomic E-state index is -0.345. The predicted molar refractivity (Wildman–Crippen MR) is 119 cm³/mol. The van der Waals surface area contributed by atoms with Gasteiger partial charge in [-0.05, 0) is 50.1 Å². The fraction of sp³-hybridized carbons (Fsp3) is 0.261. The van der Waals surface area contributed by atoms with Gasteiger partial charge in [-0.2, -0.15) is 0 Å². The smallest absolute Gasteiger partial charge is 0.257 e. The first-order valence-electron chi connectivity index (χ1n) is 9.64. The number of carbonyl (C=O) groups excluding carboxylic acids is 1. The molecule has 1 amide bonds. The van der Waals surface area contributed by atoms with Gasteiger partial charge in [-0.15, -0.1) is 0 Å². The molecular formula is C23H24ClN3O3. The molecule has 3 rings (SSSR count). The van der Waals surface area contributed by atoms with Crippen LogP contribution in [0, 0.1) is 20.8 Å². The Balaban J connectivity index is 2.05. The van der Waals surface area contributed by atoms with Crippen LogP contribution >= 0.6 is 11.6 Å². The van der Waals surface area contributed by atoms with E-state index in [9.17, 15) is 14.7 Å². The molecule has 0 fully saturated rings. The number of anilines is 1. The lowest BCUT2D eigenvalue weighted by atomic mass is 10.1. The molecule has 0 aliphatic rings. The summed E-state index contributed by atoms with van der Waals surface area (Å²) < 4.78 is 1.34. The number of aliphatic hydroxyl groups is 1. The number of carbonyl (C=O) groups is 1. The zero-order chi connectivity index (χ0) is 21.8. The van der Waals surface area contributed by atoms with E-state index in [0.717, 1.165) is 11.1 Å². The molecule has 1 aromatic heterocycles. The van der Waals surface area contributed by atoms with Gasteiger partial charge in [0, 0.05) is 40.6 Å². The molecule has 0 unspecified atom stereocenters. The Hall–Kier alpha value is -2.96. The maximum absolute atomic E-state index is 13.2. The van der Waals surface area contributed by atoms with Crippen LogP contribution in [0.25, 0.3) is 11.4 Å². The maximum Gasteiger partial charge on any atom is 0.257 e. The van der Waals surface area contributed by atoms with E-state index >= 15 is 0 Å². The molecule has 0 spiro atoms. The summed E-state index contributed by atoms with van der Waals surface area (Å²) in [7, 11) is 0. The molecular weight excluding hydrogens is 402 g/mol. The van der Waals surface area contributed by atoms with E-state index < -0.39 is 0 Å². The lowest BCUT2D eigenvalue weighted by Crippen LogP contribution is -2.33. The average Bonchev–Trinajstić information content (AvgIpc) is 2.70. The van der Waals surface area contributed by atoms with Crippen LogP contribution in [-0.4, -0.2) is 27.2 Å². The summed E-state index contributed by atoms with van der Waals surface area (Å²) in [5, 5.41) is 12.7. The second-order valence-electron chi connectivity index (χ2n) is 7.24. The highest BCUT2D eigenvalue weighted by molar-refractivity contribution is 6.30. The number of benzene rings is 2. The maximum atomic E-state index is 13.2. The van der Waals surface area contributed by atoms with Crippen LogP contribution < -0.4 is 10.9 Å². The first-order chi connectivity index (χ1) is 14.3. The number of halogens is 1. The summed E-state index contributed by atoms with van der Waals surface area (Å²) in [6.07, 6.45) is 0.173. The number of aromatic nitrogens is 2. The SMILES string of the molecule is Cc1ccc(C)c(NC(=O)Cn2c(-c3cccc(Cl)c3)nc(C)c(CCO)c2=O)c1. The topological polar surface area (TPSA) is 84.2 Å². The van der Waals surface area contributed by atoms with Crippen molar-refractivity contribution in [2.24, 2.45) is 0 Å². The third-order valence-electron chi connectivity index (χ3n) is 4.88. The van der Waals surface area contributed by atoms with Gasteiger partial charge >= 0.3 is 0 Å². The van der Waals surface area contributed by atoms with Gasteiger partial charge < -0.3 is 10.4 Å². The zero-order valence-corrected chi connectivity index (χ0v) is 18.0. The highest BCUT2D eigenvalue weighted by atomic mass is 35.5. The van der Waals surface area contributed by atoms with Gasteiger partial charge in [0.1, 0.15) is 12.4 Å². The van der Waals surface area contributed by atoms with E-state index in [2.05, 4.69) is 10.3 Å². The van der Waals surface area contributed by atoms with Crippen molar-refractivity contribution in [1.82, 2.24) is 9.55 Å². The van der Waals surface area contributed by atoms with Gasteiger partial charge in [-0.3, -0.25) is 14.2 Å². The van der Waals surface area contributed by atoms with E-state index in [1.165, 1.54) is 4.57 Å². The van der Waals surface area contributed by atoms with Gasteiger partial charge in [0.2, 0.25) is 5.91 Å². The molecule has 6 nitrogen and oxygen atoms in total. The van der Waals surface area contributed by atoms with Crippen molar-refractivity contribution in [1.29, 1.82) is 0 Å². The van der Waals surface area contributed by atoms with Gasteiger partial charge in [-0.1, -0.05) is 35.9 Å². The van der Waals surface area contributed by atoms with Gasteiger partial charge in [0.25, 0.3) is 5.56 Å². The lowest BCUT2D eigenvalue weighted by molar-refractivity contribution is -0.116. The number of nitrogens with zero attached hydrogens (tertiary/aromatic N) is 2. The van der Waals surface area contributed by atoms with Gasteiger partial charge in [0.15, 0.2) is 0 Å². The third kappa shape index (κ3) is 4.78. The second kappa shape index (κ2) is 9.24. The van der Waals surface area contributed by atoms with E-state index in [0.29, 0.717) is 33.4 Å². The Morgan fingerprint density at radius 3 is 2.63 bits per heavy atom. The largest absolute Gasteiger partial charge is 0.396 e. The number of nitrogens with one attached hydrogen (secondary N) is 1.